The lowest BCUT2D eigenvalue weighted by Gasteiger charge is -2.01. The van der Waals surface area contributed by atoms with E-state index in [1.54, 1.807) is 0 Å². The molecule has 0 aliphatic carbocycles. The molecule has 0 amide bonds. The molecule has 0 aliphatic rings. The van der Waals surface area contributed by atoms with Crippen molar-refractivity contribution in [2.24, 2.45) is 0 Å². The van der Waals surface area contributed by atoms with Crippen LogP contribution in [0, 0.1) is 0 Å². The van der Waals surface area contributed by atoms with Crippen LogP contribution in [-0.4, -0.2) is 0 Å². The Morgan fingerprint density at radius 1 is 0.947 bits per heavy atom. The molecule has 0 fully saturated rings. The first kappa shape index (κ1) is 13.5. The normalized spacial score (nSPS) is 10.3. The van der Waals surface area contributed by atoms with Crippen molar-refractivity contribution in [1.82, 2.24) is 0 Å². The maximum Gasteiger partial charge on any atom is 0.173 e. The summed E-state index contributed by atoms with van der Waals surface area (Å²) < 4.78 is 2.26. The van der Waals surface area contributed by atoms with Gasteiger partial charge in [-0.15, -0.1) is 6.58 Å². The maximum atomic E-state index is 3.76. The van der Waals surface area contributed by atoms with Crippen molar-refractivity contribution in [3.05, 3.63) is 78.6 Å². The van der Waals surface area contributed by atoms with Crippen molar-refractivity contribution >= 4 is 0 Å². The molecule has 1 aromatic carbocycles. The van der Waals surface area contributed by atoms with E-state index in [1.165, 1.54) is 24.0 Å². The topological polar surface area (TPSA) is 3.88 Å². The van der Waals surface area contributed by atoms with Crippen molar-refractivity contribution in [3.63, 3.8) is 0 Å². The molecule has 0 spiro atoms. The van der Waals surface area contributed by atoms with Gasteiger partial charge in [0.25, 0.3) is 0 Å². The van der Waals surface area contributed by atoms with Crippen LogP contribution >= 0.6 is 0 Å². The summed E-state index contributed by atoms with van der Waals surface area (Å²) >= 11 is 0. The highest BCUT2D eigenvalue weighted by Crippen LogP contribution is 2.05. The van der Waals surface area contributed by atoms with Gasteiger partial charge >= 0.3 is 0 Å². The van der Waals surface area contributed by atoms with Crippen molar-refractivity contribution in [3.8, 4) is 0 Å². The highest BCUT2D eigenvalue weighted by Gasteiger charge is 2.03. The molecule has 0 saturated heterocycles. The largest absolute Gasteiger partial charge is 0.201 e. The van der Waals surface area contributed by atoms with Gasteiger partial charge in [-0.05, 0) is 31.7 Å². The average Bonchev–Trinajstić information content (AvgIpc) is 2.45. The van der Waals surface area contributed by atoms with E-state index in [0.29, 0.717) is 0 Å². The quantitative estimate of drug-likeness (QED) is 0.399. The summed E-state index contributed by atoms with van der Waals surface area (Å²) in [4.78, 5) is 0. The Hall–Kier alpha value is -1.89. The minimum absolute atomic E-state index is 0.946. The van der Waals surface area contributed by atoms with Crippen LogP contribution in [0.25, 0.3) is 0 Å². The van der Waals surface area contributed by atoms with Gasteiger partial charge in [-0.1, -0.05) is 36.4 Å². The lowest BCUT2D eigenvalue weighted by Crippen LogP contribution is -2.33. The number of aryl methyl sites for hydroxylation is 1. The summed E-state index contributed by atoms with van der Waals surface area (Å²) in [5, 5.41) is 0. The van der Waals surface area contributed by atoms with Crippen LogP contribution < -0.4 is 4.57 Å². The fourth-order valence-corrected chi connectivity index (χ4v) is 2.23. The van der Waals surface area contributed by atoms with Crippen LogP contribution in [0.3, 0.4) is 0 Å². The Balaban J connectivity index is 1.93. The lowest BCUT2D eigenvalue weighted by atomic mass is 10.1. The van der Waals surface area contributed by atoms with Crippen molar-refractivity contribution < 1.29 is 4.57 Å². The molecule has 0 unspecified atom stereocenters. The molecular weight excluding hydrogens is 230 g/mol. The highest BCUT2D eigenvalue weighted by molar-refractivity contribution is 5.13. The third kappa shape index (κ3) is 4.70. The Morgan fingerprint density at radius 3 is 2.53 bits per heavy atom. The van der Waals surface area contributed by atoms with Gasteiger partial charge in [0.2, 0.25) is 0 Å². The minimum atomic E-state index is 0.946. The highest BCUT2D eigenvalue weighted by atomic mass is 14.9. The molecular formula is C18H22N+. The van der Waals surface area contributed by atoms with Gasteiger partial charge in [0.05, 0.1) is 0 Å². The standard InChI is InChI=1S/C18H22N/c1-2-3-4-6-10-18-13-9-14-19(16-18)15-17-11-7-5-8-12-17/h2,5,7-9,11-14,16H,1,3-4,6,10,15H2/q+1. The number of hydrogen-bond acceptors (Lipinski definition) is 0. The molecule has 1 heterocycles. The number of pyridine rings is 1. The van der Waals surface area contributed by atoms with Gasteiger partial charge in [-0.25, -0.2) is 4.57 Å². The molecule has 1 heteroatoms. The van der Waals surface area contributed by atoms with E-state index < -0.39 is 0 Å². The number of rotatable bonds is 7. The van der Waals surface area contributed by atoms with Gasteiger partial charge in [0, 0.05) is 17.2 Å². The predicted octanol–water partition coefficient (Wildman–Crippen LogP) is 3.92. The van der Waals surface area contributed by atoms with Gasteiger partial charge in [-0.2, -0.15) is 0 Å². The monoisotopic (exact) mass is 252 g/mol. The van der Waals surface area contributed by atoms with Crippen molar-refractivity contribution in [2.75, 3.05) is 0 Å². The van der Waals surface area contributed by atoms with Crippen LogP contribution in [0.1, 0.15) is 30.4 Å². The number of aromatic nitrogens is 1. The lowest BCUT2D eigenvalue weighted by molar-refractivity contribution is -0.688. The molecule has 0 aliphatic heterocycles. The van der Waals surface area contributed by atoms with Gasteiger partial charge in [-0.3, -0.25) is 0 Å². The summed E-state index contributed by atoms with van der Waals surface area (Å²) in [7, 11) is 0. The maximum absolute atomic E-state index is 3.76. The molecule has 98 valence electrons. The zero-order chi connectivity index (χ0) is 13.3. The number of allylic oxidation sites excluding steroid dienone is 1. The smallest absolute Gasteiger partial charge is 0.173 e. The molecule has 19 heavy (non-hydrogen) atoms. The molecule has 0 N–H and O–H groups in total. The van der Waals surface area contributed by atoms with Gasteiger partial charge in [0.15, 0.2) is 18.9 Å². The third-order valence-corrected chi connectivity index (χ3v) is 3.25. The van der Waals surface area contributed by atoms with Crippen LogP contribution in [0.4, 0.5) is 0 Å². The molecule has 2 rings (SSSR count). The van der Waals surface area contributed by atoms with E-state index in [1.807, 2.05) is 6.08 Å². The summed E-state index contributed by atoms with van der Waals surface area (Å²) in [5.74, 6) is 0. The van der Waals surface area contributed by atoms with Crippen LogP contribution in [-0.2, 0) is 13.0 Å². The molecule has 0 bridgehead atoms. The number of nitrogens with zero attached hydrogens (tertiary/aromatic N) is 1. The van der Waals surface area contributed by atoms with Crippen LogP contribution in [0.15, 0.2) is 67.5 Å². The van der Waals surface area contributed by atoms with Gasteiger partial charge < -0.3 is 0 Å². The zero-order valence-electron chi connectivity index (χ0n) is 11.5. The fourth-order valence-electron chi connectivity index (χ4n) is 2.23. The second-order valence-corrected chi connectivity index (χ2v) is 4.90. The Morgan fingerprint density at radius 2 is 1.74 bits per heavy atom. The van der Waals surface area contributed by atoms with E-state index in [9.17, 15) is 0 Å². The third-order valence-electron chi connectivity index (χ3n) is 3.25. The van der Waals surface area contributed by atoms with E-state index in [-0.39, 0.29) is 0 Å². The molecule has 0 atom stereocenters. The van der Waals surface area contributed by atoms with Crippen LogP contribution in [0.5, 0.6) is 0 Å². The average molecular weight is 252 g/mol. The Kier molecular flexibility index (Phi) is 5.36. The Labute approximate surface area is 116 Å². The summed E-state index contributed by atoms with van der Waals surface area (Å²) in [6.45, 7) is 4.71. The minimum Gasteiger partial charge on any atom is -0.201 e. The molecule has 0 radical (unpaired) electrons. The number of hydrogen-bond donors (Lipinski definition) is 0. The van der Waals surface area contributed by atoms with Crippen molar-refractivity contribution in [1.29, 1.82) is 0 Å². The summed E-state index contributed by atoms with van der Waals surface area (Å²) in [6, 6.07) is 14.9. The van der Waals surface area contributed by atoms with E-state index >= 15 is 0 Å². The first-order valence-electron chi connectivity index (χ1n) is 7.01. The van der Waals surface area contributed by atoms with Gasteiger partial charge in [0.1, 0.15) is 0 Å². The first-order chi connectivity index (χ1) is 9.38. The second kappa shape index (κ2) is 7.52. The fraction of sp³-hybridized carbons (Fsp3) is 0.278. The molecule has 0 saturated carbocycles. The molecule has 1 aromatic heterocycles. The second-order valence-electron chi connectivity index (χ2n) is 4.90. The van der Waals surface area contributed by atoms with E-state index in [0.717, 1.165) is 19.4 Å². The number of unbranched alkanes of at least 4 members (excludes halogenated alkanes) is 2. The molecule has 2 aromatic rings. The van der Waals surface area contributed by atoms with Crippen LogP contribution in [0.2, 0.25) is 0 Å². The number of benzene rings is 1. The zero-order valence-corrected chi connectivity index (χ0v) is 11.5. The SMILES string of the molecule is C=CCCCCc1ccc[n+](Cc2ccccc2)c1. The first-order valence-corrected chi connectivity index (χ1v) is 7.01. The van der Waals surface area contributed by atoms with Crippen molar-refractivity contribution in [2.45, 2.75) is 32.2 Å². The summed E-state index contributed by atoms with van der Waals surface area (Å²) in [6.07, 6.45) is 11.2. The molecule has 1 nitrogen and oxygen atoms in total. The van der Waals surface area contributed by atoms with E-state index in [2.05, 4.69) is 66.0 Å². The van der Waals surface area contributed by atoms with E-state index in [4.69, 9.17) is 0 Å². The Bertz CT molecular complexity index is 502. The summed E-state index contributed by atoms with van der Waals surface area (Å²) in [5.41, 5.74) is 2.76. The predicted molar refractivity (Wildman–Crippen MR) is 79.9 cm³/mol.